The van der Waals surface area contributed by atoms with Crippen molar-refractivity contribution in [1.82, 2.24) is 9.55 Å². The molecular formula is C19H17F2N3O2S. The fourth-order valence-electron chi connectivity index (χ4n) is 2.35. The van der Waals surface area contributed by atoms with Crippen LogP contribution in [0, 0.1) is 11.6 Å². The first-order chi connectivity index (χ1) is 13.0. The molecule has 0 saturated heterocycles. The number of rotatable bonds is 6. The lowest BCUT2D eigenvalue weighted by molar-refractivity contribution is -0.115. The van der Waals surface area contributed by atoms with E-state index in [-0.39, 0.29) is 5.69 Å². The fourth-order valence-corrected chi connectivity index (χ4v) is 3.24. The van der Waals surface area contributed by atoms with Gasteiger partial charge in [0.1, 0.15) is 17.4 Å². The minimum Gasteiger partial charge on any atom is -0.497 e. The average molecular weight is 389 g/mol. The van der Waals surface area contributed by atoms with Gasteiger partial charge in [0.2, 0.25) is 5.91 Å². The van der Waals surface area contributed by atoms with Crippen molar-refractivity contribution in [1.29, 1.82) is 0 Å². The predicted octanol–water partition coefficient (Wildman–Crippen LogP) is 4.28. The molecule has 0 radical (unpaired) electrons. The summed E-state index contributed by atoms with van der Waals surface area (Å²) in [5.41, 5.74) is 0.806. The van der Waals surface area contributed by atoms with Crippen LogP contribution in [0.1, 0.15) is 6.92 Å². The number of aromatic nitrogens is 2. The highest BCUT2D eigenvalue weighted by Gasteiger charge is 2.19. The van der Waals surface area contributed by atoms with Crippen LogP contribution >= 0.6 is 11.8 Å². The second-order valence-corrected chi connectivity index (χ2v) is 6.96. The molecule has 140 valence electrons. The summed E-state index contributed by atoms with van der Waals surface area (Å²) < 4.78 is 33.7. The van der Waals surface area contributed by atoms with Crippen LogP contribution in [0.4, 0.5) is 14.5 Å². The highest BCUT2D eigenvalue weighted by Crippen LogP contribution is 2.26. The number of carbonyl (C=O) groups excluding carboxylic acids is 1. The summed E-state index contributed by atoms with van der Waals surface area (Å²) in [6.45, 7) is 1.69. The summed E-state index contributed by atoms with van der Waals surface area (Å²) >= 11 is 1.23. The van der Waals surface area contributed by atoms with Gasteiger partial charge in [-0.15, -0.1) is 0 Å². The van der Waals surface area contributed by atoms with Crippen molar-refractivity contribution in [2.24, 2.45) is 0 Å². The van der Waals surface area contributed by atoms with Gasteiger partial charge in [-0.2, -0.15) is 0 Å². The predicted molar refractivity (Wildman–Crippen MR) is 100 cm³/mol. The molecule has 1 aromatic heterocycles. The summed E-state index contributed by atoms with van der Waals surface area (Å²) in [5.74, 6) is -1.19. The minimum absolute atomic E-state index is 0.0626. The molecule has 27 heavy (non-hydrogen) atoms. The number of hydrogen-bond acceptors (Lipinski definition) is 4. The van der Waals surface area contributed by atoms with E-state index in [4.69, 9.17) is 4.74 Å². The Hall–Kier alpha value is -2.87. The number of imidazole rings is 1. The Morgan fingerprint density at radius 2 is 1.96 bits per heavy atom. The molecule has 0 fully saturated rings. The summed E-state index contributed by atoms with van der Waals surface area (Å²) in [5, 5.41) is 2.53. The van der Waals surface area contributed by atoms with Gasteiger partial charge in [0.05, 0.1) is 18.0 Å². The highest BCUT2D eigenvalue weighted by atomic mass is 32.2. The molecule has 1 atom stereocenters. The number of nitrogens with one attached hydrogen (secondary N) is 1. The summed E-state index contributed by atoms with van der Waals surface area (Å²) in [6, 6.07) is 10.4. The number of methoxy groups -OCH3 is 1. The fraction of sp³-hybridized carbons (Fsp3) is 0.158. The maximum atomic E-state index is 13.7. The van der Waals surface area contributed by atoms with Crippen molar-refractivity contribution < 1.29 is 18.3 Å². The molecule has 3 rings (SSSR count). The molecule has 5 nitrogen and oxygen atoms in total. The van der Waals surface area contributed by atoms with Crippen molar-refractivity contribution in [3.63, 3.8) is 0 Å². The molecule has 1 amide bonds. The van der Waals surface area contributed by atoms with Crippen LogP contribution in [0.15, 0.2) is 60.0 Å². The first kappa shape index (κ1) is 18.9. The molecule has 1 N–H and O–H groups in total. The van der Waals surface area contributed by atoms with Gasteiger partial charge in [0.25, 0.3) is 0 Å². The number of hydrogen-bond donors (Lipinski definition) is 1. The van der Waals surface area contributed by atoms with E-state index in [9.17, 15) is 13.6 Å². The smallest absolute Gasteiger partial charge is 0.237 e. The van der Waals surface area contributed by atoms with E-state index in [1.807, 2.05) is 28.8 Å². The van der Waals surface area contributed by atoms with Crippen LogP contribution < -0.4 is 10.1 Å². The second kappa shape index (κ2) is 8.22. The highest BCUT2D eigenvalue weighted by molar-refractivity contribution is 8.00. The van der Waals surface area contributed by atoms with Gasteiger partial charge < -0.3 is 10.1 Å². The monoisotopic (exact) mass is 389 g/mol. The Morgan fingerprint density at radius 3 is 2.63 bits per heavy atom. The molecule has 0 bridgehead atoms. The number of carbonyl (C=O) groups is 1. The molecule has 0 spiro atoms. The molecule has 1 heterocycles. The molecule has 0 aliphatic carbocycles. The Morgan fingerprint density at radius 1 is 1.22 bits per heavy atom. The lowest BCUT2D eigenvalue weighted by Gasteiger charge is -2.14. The summed E-state index contributed by atoms with van der Waals surface area (Å²) in [7, 11) is 1.59. The largest absolute Gasteiger partial charge is 0.497 e. The van der Waals surface area contributed by atoms with Crippen LogP contribution in [-0.2, 0) is 4.79 Å². The topological polar surface area (TPSA) is 56.2 Å². The second-order valence-electron chi connectivity index (χ2n) is 5.65. The number of ether oxygens (including phenoxy) is 1. The van der Waals surface area contributed by atoms with Crippen molar-refractivity contribution in [3.8, 4) is 11.4 Å². The molecular weight excluding hydrogens is 372 g/mol. The average Bonchev–Trinajstić information content (AvgIpc) is 3.12. The third-order valence-electron chi connectivity index (χ3n) is 3.80. The molecule has 0 aliphatic heterocycles. The van der Waals surface area contributed by atoms with Crippen LogP contribution in [0.2, 0.25) is 0 Å². The summed E-state index contributed by atoms with van der Waals surface area (Å²) in [6.07, 6.45) is 3.42. The quantitative estimate of drug-likeness (QED) is 0.640. The van der Waals surface area contributed by atoms with Gasteiger partial charge in [-0.05, 0) is 43.3 Å². The van der Waals surface area contributed by atoms with E-state index in [0.717, 1.165) is 23.6 Å². The number of amides is 1. The Balaban J connectivity index is 1.71. The van der Waals surface area contributed by atoms with Crippen molar-refractivity contribution in [2.45, 2.75) is 17.3 Å². The third-order valence-corrected chi connectivity index (χ3v) is 4.88. The Kier molecular flexibility index (Phi) is 5.75. The standard InChI is InChI=1S/C19H17F2N3O2S/c1-12(18(25)23-17-8-3-13(20)11-16(17)21)27-19-22-9-10-24(19)14-4-6-15(26-2)7-5-14/h3-12H,1-2H3,(H,23,25). The number of halogens is 2. The Bertz CT molecular complexity index is 944. The van der Waals surface area contributed by atoms with E-state index < -0.39 is 22.8 Å². The lowest BCUT2D eigenvalue weighted by atomic mass is 10.3. The van der Waals surface area contributed by atoms with Crippen LogP contribution in [-0.4, -0.2) is 27.8 Å². The van der Waals surface area contributed by atoms with Gasteiger partial charge in [-0.25, -0.2) is 13.8 Å². The zero-order chi connectivity index (χ0) is 19.4. The zero-order valence-electron chi connectivity index (χ0n) is 14.6. The first-order valence-electron chi connectivity index (χ1n) is 8.08. The molecule has 3 aromatic rings. The first-order valence-corrected chi connectivity index (χ1v) is 8.96. The zero-order valence-corrected chi connectivity index (χ0v) is 15.5. The molecule has 0 saturated carbocycles. The van der Waals surface area contributed by atoms with E-state index in [1.165, 1.54) is 17.8 Å². The third kappa shape index (κ3) is 4.46. The summed E-state index contributed by atoms with van der Waals surface area (Å²) in [4.78, 5) is 16.6. The van der Waals surface area contributed by atoms with Gasteiger partial charge in [0, 0.05) is 24.1 Å². The molecule has 2 aromatic carbocycles. The molecule has 0 aliphatic rings. The lowest BCUT2D eigenvalue weighted by Crippen LogP contribution is -2.23. The van der Waals surface area contributed by atoms with Crippen LogP contribution in [0.3, 0.4) is 0 Å². The normalized spacial score (nSPS) is 11.9. The molecule has 1 unspecified atom stereocenters. The Labute approximate surface area is 159 Å². The van der Waals surface area contributed by atoms with E-state index in [1.54, 1.807) is 26.4 Å². The van der Waals surface area contributed by atoms with Crippen molar-refractivity contribution >= 4 is 23.4 Å². The number of nitrogens with zero attached hydrogens (tertiary/aromatic N) is 2. The minimum atomic E-state index is -0.819. The van der Waals surface area contributed by atoms with Crippen LogP contribution in [0.25, 0.3) is 5.69 Å². The van der Waals surface area contributed by atoms with Gasteiger partial charge in [-0.1, -0.05) is 11.8 Å². The van der Waals surface area contributed by atoms with Crippen molar-refractivity contribution in [3.05, 3.63) is 66.5 Å². The van der Waals surface area contributed by atoms with E-state index >= 15 is 0 Å². The maximum Gasteiger partial charge on any atom is 0.237 e. The van der Waals surface area contributed by atoms with Crippen LogP contribution in [0.5, 0.6) is 5.75 Å². The van der Waals surface area contributed by atoms with Gasteiger partial charge in [-0.3, -0.25) is 9.36 Å². The SMILES string of the molecule is COc1ccc(-n2ccnc2SC(C)C(=O)Nc2ccc(F)cc2F)cc1. The number of anilines is 1. The number of benzene rings is 2. The van der Waals surface area contributed by atoms with Crippen molar-refractivity contribution in [2.75, 3.05) is 12.4 Å². The molecule has 8 heteroatoms. The van der Waals surface area contributed by atoms with Gasteiger partial charge >= 0.3 is 0 Å². The van der Waals surface area contributed by atoms with E-state index in [0.29, 0.717) is 5.16 Å². The van der Waals surface area contributed by atoms with Gasteiger partial charge in [0.15, 0.2) is 5.16 Å². The maximum absolute atomic E-state index is 13.7. The number of thioether (sulfide) groups is 1. The van der Waals surface area contributed by atoms with E-state index in [2.05, 4.69) is 10.3 Å².